The predicted molar refractivity (Wildman–Crippen MR) is 89.5 cm³/mol. The molecule has 1 aromatic heterocycles. The highest BCUT2D eigenvalue weighted by atomic mass is 16.5. The number of hydrogen-bond acceptors (Lipinski definition) is 6. The van der Waals surface area contributed by atoms with Crippen molar-refractivity contribution < 1.29 is 23.6 Å². The third kappa shape index (κ3) is 4.72. The van der Waals surface area contributed by atoms with E-state index in [1.165, 1.54) is 14.2 Å². The number of carbonyl (C=O) groups excluding carboxylic acids is 2. The van der Waals surface area contributed by atoms with Gasteiger partial charge in [0, 0.05) is 23.6 Å². The Balaban J connectivity index is 1.90. The van der Waals surface area contributed by atoms with E-state index in [1.54, 1.807) is 25.1 Å². The van der Waals surface area contributed by atoms with Gasteiger partial charge in [0.1, 0.15) is 17.3 Å². The lowest BCUT2D eigenvalue weighted by atomic mass is 10.1. The molecule has 2 rings (SSSR count). The van der Waals surface area contributed by atoms with E-state index in [-0.39, 0.29) is 12.3 Å². The second-order valence-electron chi connectivity index (χ2n) is 5.41. The van der Waals surface area contributed by atoms with Crippen molar-refractivity contribution in [2.75, 3.05) is 14.2 Å². The normalized spacial score (nSPS) is 10.2. The summed E-state index contributed by atoms with van der Waals surface area (Å²) in [5.74, 6) is 0.868. The molecule has 0 saturated carbocycles. The molecule has 0 radical (unpaired) electrons. The van der Waals surface area contributed by atoms with Gasteiger partial charge in [0.15, 0.2) is 0 Å². The second kappa shape index (κ2) is 8.18. The molecule has 0 bridgehead atoms. The van der Waals surface area contributed by atoms with Gasteiger partial charge in [-0.15, -0.1) is 0 Å². The minimum Gasteiger partial charge on any atom is -0.497 e. The van der Waals surface area contributed by atoms with Crippen LogP contribution in [0.2, 0.25) is 0 Å². The Kier molecular flexibility index (Phi) is 5.99. The van der Waals surface area contributed by atoms with Gasteiger partial charge in [-0.05, 0) is 32.4 Å². The summed E-state index contributed by atoms with van der Waals surface area (Å²) in [5, 5.41) is 3.84. The van der Waals surface area contributed by atoms with Crippen molar-refractivity contribution in [3.63, 3.8) is 0 Å². The number of aryl methyl sites for hydroxylation is 2. The molecule has 0 unspecified atom stereocenters. The molecule has 2 amide bonds. The molecule has 8 heteroatoms. The number of hydrazine groups is 1. The van der Waals surface area contributed by atoms with Gasteiger partial charge in [0.05, 0.1) is 19.9 Å². The molecule has 0 atom stereocenters. The lowest BCUT2D eigenvalue weighted by Crippen LogP contribution is -2.41. The van der Waals surface area contributed by atoms with Crippen LogP contribution in [0, 0.1) is 13.8 Å². The summed E-state index contributed by atoms with van der Waals surface area (Å²) in [7, 11) is 2.99. The van der Waals surface area contributed by atoms with E-state index in [1.807, 2.05) is 6.92 Å². The minimum atomic E-state index is -0.470. The number of nitrogens with one attached hydrogen (secondary N) is 2. The van der Waals surface area contributed by atoms with Crippen LogP contribution in [0.1, 0.15) is 33.8 Å². The van der Waals surface area contributed by atoms with Crippen molar-refractivity contribution in [2.24, 2.45) is 0 Å². The largest absolute Gasteiger partial charge is 0.497 e. The van der Waals surface area contributed by atoms with Crippen LogP contribution in [-0.4, -0.2) is 31.2 Å². The van der Waals surface area contributed by atoms with Crippen molar-refractivity contribution in [1.82, 2.24) is 16.0 Å². The van der Waals surface area contributed by atoms with Gasteiger partial charge in [-0.2, -0.15) is 0 Å². The van der Waals surface area contributed by atoms with Gasteiger partial charge < -0.3 is 14.0 Å². The number of carbonyl (C=O) groups is 2. The highest BCUT2D eigenvalue weighted by Crippen LogP contribution is 2.22. The maximum atomic E-state index is 12.2. The number of benzene rings is 1. The van der Waals surface area contributed by atoms with Gasteiger partial charge in [0.2, 0.25) is 5.91 Å². The highest BCUT2D eigenvalue weighted by Gasteiger charge is 2.13. The monoisotopic (exact) mass is 347 g/mol. The smallest absolute Gasteiger partial charge is 0.269 e. The quantitative estimate of drug-likeness (QED) is 0.771. The van der Waals surface area contributed by atoms with Crippen LogP contribution >= 0.6 is 0 Å². The molecule has 0 aliphatic heterocycles. The van der Waals surface area contributed by atoms with E-state index >= 15 is 0 Å². The van der Waals surface area contributed by atoms with Crippen molar-refractivity contribution in [1.29, 1.82) is 0 Å². The predicted octanol–water partition coefficient (Wildman–Crippen LogP) is 1.70. The fourth-order valence-corrected chi connectivity index (χ4v) is 2.30. The summed E-state index contributed by atoms with van der Waals surface area (Å²) in [4.78, 5) is 24.1. The van der Waals surface area contributed by atoms with Crippen molar-refractivity contribution in [3.8, 4) is 11.5 Å². The Morgan fingerprint density at radius 1 is 1.08 bits per heavy atom. The molecular formula is C17H21N3O5. The number of ether oxygens (including phenoxy) is 2. The molecule has 0 aliphatic rings. The Morgan fingerprint density at radius 3 is 2.24 bits per heavy atom. The van der Waals surface area contributed by atoms with Gasteiger partial charge in [-0.3, -0.25) is 20.4 Å². The van der Waals surface area contributed by atoms with Crippen molar-refractivity contribution >= 4 is 11.8 Å². The van der Waals surface area contributed by atoms with Gasteiger partial charge in [-0.25, -0.2) is 0 Å². The number of hydrogen-bond donors (Lipinski definition) is 2. The van der Waals surface area contributed by atoms with Gasteiger partial charge in [0.25, 0.3) is 5.91 Å². The third-order valence-corrected chi connectivity index (χ3v) is 3.71. The van der Waals surface area contributed by atoms with E-state index in [2.05, 4.69) is 16.0 Å². The minimum absolute atomic E-state index is 0.199. The number of methoxy groups -OCH3 is 2. The number of aromatic nitrogens is 1. The molecule has 0 fully saturated rings. The highest BCUT2D eigenvalue weighted by molar-refractivity contribution is 5.96. The second-order valence-corrected chi connectivity index (χ2v) is 5.41. The van der Waals surface area contributed by atoms with Gasteiger partial charge in [-0.1, -0.05) is 5.16 Å². The average Bonchev–Trinajstić information content (AvgIpc) is 2.95. The van der Waals surface area contributed by atoms with Crippen molar-refractivity contribution in [3.05, 3.63) is 40.8 Å². The first kappa shape index (κ1) is 18.3. The molecule has 25 heavy (non-hydrogen) atoms. The first-order valence-electron chi connectivity index (χ1n) is 7.68. The SMILES string of the molecule is COc1cc(OC)cc(C(=O)NNC(=O)CCc2c(C)noc2C)c1. The molecule has 2 aromatic rings. The van der Waals surface area contributed by atoms with E-state index in [9.17, 15) is 9.59 Å². The lowest BCUT2D eigenvalue weighted by Gasteiger charge is -2.10. The Labute approximate surface area is 145 Å². The molecule has 1 heterocycles. The van der Waals surface area contributed by atoms with E-state index in [0.717, 1.165) is 11.3 Å². The molecule has 8 nitrogen and oxygen atoms in total. The Hall–Kier alpha value is -3.03. The van der Waals surface area contributed by atoms with Crippen LogP contribution in [0.4, 0.5) is 0 Å². The standard InChI is InChI=1S/C17H21N3O5/c1-10-15(11(2)25-20-10)5-6-16(21)18-19-17(22)12-7-13(23-3)9-14(8-12)24-4/h7-9H,5-6H2,1-4H3,(H,18,21)(H,19,22). The fraction of sp³-hybridized carbons (Fsp3) is 0.353. The number of nitrogens with zero attached hydrogens (tertiary/aromatic N) is 1. The molecule has 0 saturated heterocycles. The number of amides is 2. The van der Waals surface area contributed by atoms with Crippen LogP contribution in [0.25, 0.3) is 0 Å². The summed E-state index contributed by atoms with van der Waals surface area (Å²) < 4.78 is 15.3. The first-order valence-corrected chi connectivity index (χ1v) is 7.68. The number of rotatable bonds is 6. The molecule has 1 aromatic carbocycles. The summed E-state index contributed by atoms with van der Waals surface area (Å²) in [6.45, 7) is 3.62. The topological polar surface area (TPSA) is 103 Å². The lowest BCUT2D eigenvalue weighted by molar-refractivity contribution is -0.121. The van der Waals surface area contributed by atoms with Crippen LogP contribution < -0.4 is 20.3 Å². The van der Waals surface area contributed by atoms with Crippen molar-refractivity contribution in [2.45, 2.75) is 26.7 Å². The van der Waals surface area contributed by atoms with Crippen LogP contribution in [0.3, 0.4) is 0 Å². The Bertz CT molecular complexity index is 728. The summed E-state index contributed by atoms with van der Waals surface area (Å²) in [6.07, 6.45) is 0.681. The molecule has 134 valence electrons. The maximum absolute atomic E-state index is 12.2. The van der Waals surface area contributed by atoms with Crippen LogP contribution in [0.15, 0.2) is 22.7 Å². The maximum Gasteiger partial charge on any atom is 0.269 e. The zero-order valence-corrected chi connectivity index (χ0v) is 14.6. The average molecular weight is 347 g/mol. The zero-order chi connectivity index (χ0) is 18.4. The van der Waals surface area contributed by atoms with Crippen LogP contribution in [0.5, 0.6) is 11.5 Å². The van der Waals surface area contributed by atoms with Crippen LogP contribution in [-0.2, 0) is 11.2 Å². The fourth-order valence-electron chi connectivity index (χ4n) is 2.30. The third-order valence-electron chi connectivity index (χ3n) is 3.71. The van der Waals surface area contributed by atoms with E-state index in [4.69, 9.17) is 14.0 Å². The van der Waals surface area contributed by atoms with Gasteiger partial charge >= 0.3 is 0 Å². The summed E-state index contributed by atoms with van der Waals surface area (Å²) >= 11 is 0. The first-order chi connectivity index (χ1) is 11.9. The molecule has 0 spiro atoms. The van der Waals surface area contributed by atoms with E-state index in [0.29, 0.717) is 29.2 Å². The molecule has 2 N–H and O–H groups in total. The zero-order valence-electron chi connectivity index (χ0n) is 14.6. The summed E-state index contributed by atoms with van der Waals surface area (Å²) in [6, 6.07) is 4.75. The van der Waals surface area contributed by atoms with E-state index < -0.39 is 5.91 Å². The molecular weight excluding hydrogens is 326 g/mol. The Morgan fingerprint density at radius 2 is 1.72 bits per heavy atom. The summed E-state index contributed by atoms with van der Waals surface area (Å²) in [5.41, 5.74) is 6.73. The molecule has 0 aliphatic carbocycles.